The maximum Gasteiger partial charge on any atom is 0.329 e. The standard InChI is InChI=1S/C31H48IN3O5/c1-6-8-9-10-11-12-13-21(4)26-19-27(36)34-25(18-23-14-16-24(32)17-15-23)30(38)33-22(5)29(37)35-28(20(3)7-2)31(39)40-26/h14-17,20-22,25-26,28H,6-13,18-19H2,1-5H3,(H,33,38)(H,34,36)(H,35,37). The second-order valence-electron chi connectivity index (χ2n) is 11.3. The number of carbonyl (C=O) groups is 4. The van der Waals surface area contributed by atoms with Crippen LogP contribution in [0, 0.1) is 15.4 Å². The Bertz CT molecular complexity index is 970. The van der Waals surface area contributed by atoms with Crippen molar-refractivity contribution in [3.8, 4) is 0 Å². The molecule has 1 aliphatic rings. The van der Waals surface area contributed by atoms with Crippen molar-refractivity contribution in [2.75, 3.05) is 0 Å². The summed E-state index contributed by atoms with van der Waals surface area (Å²) in [5.41, 5.74) is 0.888. The summed E-state index contributed by atoms with van der Waals surface area (Å²) in [6, 6.07) is 5.09. The summed E-state index contributed by atoms with van der Waals surface area (Å²) >= 11 is 2.21. The van der Waals surface area contributed by atoms with Crippen LogP contribution < -0.4 is 16.0 Å². The lowest BCUT2D eigenvalue weighted by Crippen LogP contribution is -2.55. The zero-order valence-corrected chi connectivity index (χ0v) is 26.9. The van der Waals surface area contributed by atoms with Gasteiger partial charge in [-0.1, -0.05) is 84.8 Å². The van der Waals surface area contributed by atoms with E-state index in [9.17, 15) is 19.2 Å². The fourth-order valence-corrected chi connectivity index (χ4v) is 5.20. The van der Waals surface area contributed by atoms with Gasteiger partial charge in [-0.2, -0.15) is 0 Å². The molecule has 0 bridgehead atoms. The number of hydrogen-bond acceptors (Lipinski definition) is 5. The van der Waals surface area contributed by atoms with Crippen LogP contribution in [0.2, 0.25) is 0 Å². The molecule has 9 heteroatoms. The SMILES string of the molecule is CCCCCCCCC(C)C1CC(=O)NC(Cc2ccc(I)cc2)C(=O)NC(C)C(=O)NC(C(C)CC)C(=O)O1. The molecular formula is C31H48IN3O5. The monoisotopic (exact) mass is 669 g/mol. The number of ether oxygens (including phenoxy) is 1. The highest BCUT2D eigenvalue weighted by atomic mass is 127. The van der Waals surface area contributed by atoms with Crippen molar-refractivity contribution in [3.63, 3.8) is 0 Å². The molecule has 1 aliphatic heterocycles. The first-order valence-electron chi connectivity index (χ1n) is 14.9. The number of benzene rings is 1. The van der Waals surface area contributed by atoms with Gasteiger partial charge in [0.2, 0.25) is 17.7 Å². The van der Waals surface area contributed by atoms with Crippen molar-refractivity contribution in [1.29, 1.82) is 0 Å². The summed E-state index contributed by atoms with van der Waals surface area (Å²) in [6.07, 6.45) is 7.93. The van der Waals surface area contributed by atoms with Gasteiger partial charge < -0.3 is 20.7 Å². The zero-order chi connectivity index (χ0) is 29.7. The Balaban J connectivity index is 2.29. The maximum absolute atomic E-state index is 13.4. The number of cyclic esters (lactones) is 1. The second-order valence-corrected chi connectivity index (χ2v) is 12.5. The van der Waals surface area contributed by atoms with Crippen LogP contribution in [0.4, 0.5) is 0 Å². The first kappa shape index (κ1) is 34.0. The van der Waals surface area contributed by atoms with E-state index >= 15 is 0 Å². The highest BCUT2D eigenvalue weighted by Crippen LogP contribution is 2.22. The van der Waals surface area contributed by atoms with E-state index in [-0.39, 0.29) is 30.6 Å². The molecule has 0 spiro atoms. The van der Waals surface area contributed by atoms with E-state index in [0.29, 0.717) is 6.42 Å². The van der Waals surface area contributed by atoms with Crippen LogP contribution in [0.5, 0.6) is 0 Å². The number of carbonyl (C=O) groups excluding carboxylic acids is 4. The third-order valence-electron chi connectivity index (χ3n) is 7.82. The third kappa shape index (κ3) is 11.4. The van der Waals surface area contributed by atoms with Gasteiger partial charge in [-0.25, -0.2) is 4.79 Å². The van der Waals surface area contributed by atoms with Crippen LogP contribution in [0.3, 0.4) is 0 Å². The van der Waals surface area contributed by atoms with Crippen molar-refractivity contribution in [2.24, 2.45) is 11.8 Å². The molecule has 8 nitrogen and oxygen atoms in total. The topological polar surface area (TPSA) is 114 Å². The smallest absolute Gasteiger partial charge is 0.329 e. The lowest BCUT2D eigenvalue weighted by Gasteiger charge is -2.29. The van der Waals surface area contributed by atoms with E-state index in [1.165, 1.54) is 25.7 Å². The minimum Gasteiger partial charge on any atom is -0.460 e. The van der Waals surface area contributed by atoms with Gasteiger partial charge in [0.15, 0.2) is 0 Å². The Morgan fingerprint density at radius 2 is 1.52 bits per heavy atom. The minimum absolute atomic E-state index is 0.0457. The van der Waals surface area contributed by atoms with Gasteiger partial charge in [0.25, 0.3) is 0 Å². The average molecular weight is 670 g/mol. The van der Waals surface area contributed by atoms with Gasteiger partial charge in [0, 0.05) is 9.99 Å². The number of esters is 1. The van der Waals surface area contributed by atoms with Crippen LogP contribution >= 0.6 is 22.6 Å². The lowest BCUT2D eigenvalue weighted by molar-refractivity contribution is -0.158. The first-order chi connectivity index (χ1) is 19.0. The number of halogens is 1. The maximum atomic E-state index is 13.4. The molecule has 0 aromatic heterocycles. The number of amides is 3. The second kappa shape index (κ2) is 17.6. The van der Waals surface area contributed by atoms with Crippen molar-refractivity contribution in [2.45, 2.75) is 123 Å². The first-order valence-corrected chi connectivity index (χ1v) is 16.0. The number of nitrogens with one attached hydrogen (secondary N) is 3. The van der Waals surface area contributed by atoms with Gasteiger partial charge in [-0.3, -0.25) is 14.4 Å². The zero-order valence-electron chi connectivity index (χ0n) is 24.8. The molecular weight excluding hydrogens is 621 g/mol. The van der Waals surface area contributed by atoms with E-state index in [1.807, 2.05) is 45.0 Å². The van der Waals surface area contributed by atoms with Crippen molar-refractivity contribution in [3.05, 3.63) is 33.4 Å². The molecule has 1 aromatic rings. The number of unbranched alkanes of at least 4 members (excludes halogenated alkanes) is 5. The van der Waals surface area contributed by atoms with Crippen molar-refractivity contribution < 1.29 is 23.9 Å². The van der Waals surface area contributed by atoms with E-state index in [4.69, 9.17) is 4.74 Å². The summed E-state index contributed by atoms with van der Waals surface area (Å²) in [5, 5.41) is 8.39. The Hall–Kier alpha value is -2.17. The predicted octanol–water partition coefficient (Wildman–Crippen LogP) is 5.06. The minimum atomic E-state index is -0.897. The van der Waals surface area contributed by atoms with Crippen LogP contribution in [-0.2, 0) is 30.3 Å². The van der Waals surface area contributed by atoms with Crippen molar-refractivity contribution in [1.82, 2.24) is 16.0 Å². The van der Waals surface area contributed by atoms with E-state index in [0.717, 1.165) is 28.4 Å². The van der Waals surface area contributed by atoms with Gasteiger partial charge in [-0.05, 0) is 65.5 Å². The summed E-state index contributed by atoms with van der Waals surface area (Å²) < 4.78 is 7.05. The molecule has 1 aromatic carbocycles. The van der Waals surface area contributed by atoms with Crippen LogP contribution in [-0.4, -0.2) is 47.9 Å². The Kier molecular flexibility index (Phi) is 15.0. The fraction of sp³-hybridized carbons (Fsp3) is 0.677. The molecule has 0 radical (unpaired) electrons. The Labute approximate surface area is 253 Å². The molecule has 6 unspecified atom stereocenters. The molecule has 1 heterocycles. The largest absolute Gasteiger partial charge is 0.460 e. The molecule has 40 heavy (non-hydrogen) atoms. The molecule has 3 amide bonds. The number of hydrogen-bond donors (Lipinski definition) is 3. The third-order valence-corrected chi connectivity index (χ3v) is 8.54. The molecule has 0 aliphatic carbocycles. The number of rotatable bonds is 12. The lowest BCUT2D eigenvalue weighted by atomic mass is 9.93. The quantitative estimate of drug-likeness (QED) is 0.164. The van der Waals surface area contributed by atoms with Gasteiger partial charge >= 0.3 is 5.97 Å². The highest BCUT2D eigenvalue weighted by molar-refractivity contribution is 14.1. The molecule has 0 saturated carbocycles. The fourth-order valence-electron chi connectivity index (χ4n) is 4.84. The summed E-state index contributed by atoms with van der Waals surface area (Å²) in [5.74, 6) is -2.04. The van der Waals surface area contributed by atoms with Crippen molar-refractivity contribution >= 4 is 46.3 Å². The van der Waals surface area contributed by atoms with E-state index in [2.05, 4.69) is 45.5 Å². The Morgan fingerprint density at radius 3 is 2.17 bits per heavy atom. The van der Waals surface area contributed by atoms with Crippen LogP contribution in [0.1, 0.15) is 98.0 Å². The normalized spacial score (nSPS) is 24.4. The summed E-state index contributed by atoms with van der Waals surface area (Å²) in [6.45, 7) is 9.59. The highest BCUT2D eigenvalue weighted by Gasteiger charge is 2.35. The molecule has 3 N–H and O–H groups in total. The predicted molar refractivity (Wildman–Crippen MR) is 165 cm³/mol. The van der Waals surface area contributed by atoms with E-state index < -0.39 is 42.0 Å². The molecule has 1 fully saturated rings. The van der Waals surface area contributed by atoms with Gasteiger partial charge in [0.1, 0.15) is 24.2 Å². The molecule has 224 valence electrons. The average Bonchev–Trinajstić information content (AvgIpc) is 2.93. The summed E-state index contributed by atoms with van der Waals surface area (Å²) in [4.78, 5) is 53.0. The Morgan fingerprint density at radius 1 is 0.875 bits per heavy atom. The van der Waals surface area contributed by atoms with Crippen LogP contribution in [0.15, 0.2) is 24.3 Å². The molecule has 6 atom stereocenters. The summed E-state index contributed by atoms with van der Waals surface area (Å²) in [7, 11) is 0. The molecule has 2 rings (SSSR count). The van der Waals surface area contributed by atoms with Crippen LogP contribution in [0.25, 0.3) is 0 Å². The molecule has 1 saturated heterocycles. The van der Waals surface area contributed by atoms with Gasteiger partial charge in [0.05, 0.1) is 6.42 Å². The van der Waals surface area contributed by atoms with E-state index in [1.54, 1.807) is 6.92 Å². The van der Waals surface area contributed by atoms with Gasteiger partial charge in [-0.15, -0.1) is 0 Å².